The highest BCUT2D eigenvalue weighted by Gasteiger charge is 2.18. The van der Waals surface area contributed by atoms with Crippen LogP contribution in [0.1, 0.15) is 11.4 Å². The van der Waals surface area contributed by atoms with Crippen molar-refractivity contribution in [3.05, 3.63) is 53.4 Å². The summed E-state index contributed by atoms with van der Waals surface area (Å²) in [4.78, 5) is 11.0. The summed E-state index contributed by atoms with van der Waals surface area (Å²) in [5.41, 5.74) is 1.20. The van der Waals surface area contributed by atoms with Gasteiger partial charge < -0.3 is 19.1 Å². The van der Waals surface area contributed by atoms with Crippen LogP contribution >= 0.6 is 0 Å². The molecule has 0 saturated carbocycles. The lowest BCUT2D eigenvalue weighted by atomic mass is 10.1. The molecule has 0 unspecified atom stereocenters. The van der Waals surface area contributed by atoms with Gasteiger partial charge in [-0.25, -0.2) is 18.7 Å². The van der Waals surface area contributed by atoms with Crippen LogP contribution in [0.25, 0.3) is 23.1 Å². The fourth-order valence-electron chi connectivity index (χ4n) is 3.34. The lowest BCUT2D eigenvalue weighted by molar-refractivity contribution is 0.122. The van der Waals surface area contributed by atoms with E-state index < -0.39 is 11.6 Å². The molecule has 156 valence electrons. The van der Waals surface area contributed by atoms with Crippen molar-refractivity contribution >= 4 is 28.9 Å². The van der Waals surface area contributed by atoms with Gasteiger partial charge in [0.1, 0.15) is 5.82 Å². The van der Waals surface area contributed by atoms with E-state index in [9.17, 15) is 8.78 Å². The average molecular weight is 413 g/mol. The van der Waals surface area contributed by atoms with Gasteiger partial charge in [-0.1, -0.05) is 12.1 Å². The maximum atomic E-state index is 13.9. The SMILES string of the molecule is COc1ccc(/C=C/c2nc(N3CCOCC3)c3cc(F)c(F)cc3n2)cc1OC. The van der Waals surface area contributed by atoms with Crippen LogP contribution < -0.4 is 14.4 Å². The highest BCUT2D eigenvalue weighted by Crippen LogP contribution is 2.29. The van der Waals surface area contributed by atoms with E-state index in [2.05, 4.69) is 9.97 Å². The summed E-state index contributed by atoms with van der Waals surface area (Å²) in [7, 11) is 3.14. The second-order valence-corrected chi connectivity index (χ2v) is 6.74. The van der Waals surface area contributed by atoms with Crippen LogP contribution in [0.3, 0.4) is 0 Å². The number of morpholine rings is 1. The number of halogens is 2. The predicted molar refractivity (Wildman–Crippen MR) is 111 cm³/mol. The lowest BCUT2D eigenvalue weighted by Gasteiger charge is -2.28. The molecule has 1 aliphatic heterocycles. The molecule has 0 N–H and O–H groups in total. The Morgan fingerprint density at radius 1 is 0.933 bits per heavy atom. The second kappa shape index (κ2) is 8.62. The molecular weight excluding hydrogens is 392 g/mol. The molecule has 0 amide bonds. The van der Waals surface area contributed by atoms with E-state index in [0.29, 0.717) is 60.3 Å². The molecule has 1 aromatic heterocycles. The fourth-order valence-corrected chi connectivity index (χ4v) is 3.34. The average Bonchev–Trinajstić information content (AvgIpc) is 2.78. The Morgan fingerprint density at radius 2 is 1.67 bits per heavy atom. The fraction of sp³-hybridized carbons (Fsp3) is 0.273. The predicted octanol–water partition coefficient (Wildman–Crippen LogP) is 3.93. The largest absolute Gasteiger partial charge is 0.493 e. The molecule has 3 aromatic rings. The summed E-state index contributed by atoms with van der Waals surface area (Å²) in [6, 6.07) is 7.75. The minimum atomic E-state index is -0.941. The van der Waals surface area contributed by atoms with Crippen molar-refractivity contribution in [2.75, 3.05) is 45.4 Å². The summed E-state index contributed by atoms with van der Waals surface area (Å²) < 4.78 is 43.7. The number of fused-ring (bicyclic) bond motifs is 1. The smallest absolute Gasteiger partial charge is 0.161 e. The maximum Gasteiger partial charge on any atom is 0.161 e. The van der Waals surface area contributed by atoms with Crippen LogP contribution in [0.5, 0.6) is 11.5 Å². The first-order valence-electron chi connectivity index (χ1n) is 9.48. The van der Waals surface area contributed by atoms with Gasteiger partial charge in [0.15, 0.2) is 29.0 Å². The second-order valence-electron chi connectivity index (χ2n) is 6.74. The molecule has 1 fully saturated rings. The van der Waals surface area contributed by atoms with Gasteiger partial charge in [-0.15, -0.1) is 0 Å². The lowest BCUT2D eigenvalue weighted by Crippen LogP contribution is -2.37. The summed E-state index contributed by atoms with van der Waals surface area (Å²) in [5, 5.41) is 0.471. The Balaban J connectivity index is 1.75. The highest BCUT2D eigenvalue weighted by atomic mass is 19.2. The standard InChI is InChI=1S/C22H21F2N3O3/c1-28-19-5-3-14(11-20(19)29-2)4-6-21-25-18-13-17(24)16(23)12-15(18)22(26-21)27-7-9-30-10-8-27/h3-6,11-13H,7-10H2,1-2H3/b6-4+. The van der Waals surface area contributed by atoms with Crippen molar-refractivity contribution in [3.63, 3.8) is 0 Å². The Morgan fingerprint density at radius 3 is 2.40 bits per heavy atom. The number of rotatable bonds is 5. The van der Waals surface area contributed by atoms with Gasteiger partial charge in [-0.3, -0.25) is 0 Å². The van der Waals surface area contributed by atoms with Crippen LogP contribution in [0.15, 0.2) is 30.3 Å². The third kappa shape index (κ3) is 4.04. The summed E-state index contributed by atoms with van der Waals surface area (Å²) in [6.45, 7) is 2.33. The molecular formula is C22H21F2N3O3. The number of aromatic nitrogens is 2. The number of nitrogens with zero attached hydrogens (tertiary/aromatic N) is 3. The van der Waals surface area contributed by atoms with Gasteiger partial charge >= 0.3 is 0 Å². The van der Waals surface area contributed by atoms with Gasteiger partial charge in [0.2, 0.25) is 0 Å². The molecule has 2 aromatic carbocycles. The summed E-state index contributed by atoms with van der Waals surface area (Å²) in [6.07, 6.45) is 3.55. The Labute approximate surface area is 172 Å². The van der Waals surface area contributed by atoms with E-state index in [-0.39, 0.29) is 0 Å². The molecule has 1 saturated heterocycles. The van der Waals surface area contributed by atoms with E-state index in [4.69, 9.17) is 14.2 Å². The molecule has 0 aliphatic carbocycles. The zero-order chi connectivity index (χ0) is 21.1. The quantitative estimate of drug-likeness (QED) is 0.632. The van der Waals surface area contributed by atoms with Crippen LogP contribution in [0.2, 0.25) is 0 Å². The third-order valence-electron chi connectivity index (χ3n) is 4.88. The normalized spacial score (nSPS) is 14.5. The first kappa shape index (κ1) is 20.0. The number of methoxy groups -OCH3 is 2. The van der Waals surface area contributed by atoms with Gasteiger partial charge in [0.05, 0.1) is 33.0 Å². The van der Waals surface area contributed by atoms with Gasteiger partial charge in [0.25, 0.3) is 0 Å². The third-order valence-corrected chi connectivity index (χ3v) is 4.88. The van der Waals surface area contributed by atoms with Crippen molar-refractivity contribution in [1.29, 1.82) is 0 Å². The Hall–Kier alpha value is -3.26. The van der Waals surface area contributed by atoms with E-state index in [0.717, 1.165) is 17.7 Å². The molecule has 30 heavy (non-hydrogen) atoms. The minimum absolute atomic E-state index is 0.345. The van der Waals surface area contributed by atoms with Crippen molar-refractivity contribution in [3.8, 4) is 11.5 Å². The molecule has 0 atom stereocenters. The van der Waals surface area contributed by atoms with Crippen LogP contribution in [-0.2, 0) is 4.74 Å². The first-order valence-corrected chi connectivity index (χ1v) is 9.48. The van der Waals surface area contributed by atoms with Crippen molar-refractivity contribution < 1.29 is 23.0 Å². The van der Waals surface area contributed by atoms with Crippen molar-refractivity contribution in [2.24, 2.45) is 0 Å². The molecule has 2 heterocycles. The van der Waals surface area contributed by atoms with Crippen LogP contribution in [0.4, 0.5) is 14.6 Å². The molecule has 0 spiro atoms. The van der Waals surface area contributed by atoms with Gasteiger partial charge in [0, 0.05) is 24.5 Å². The molecule has 4 rings (SSSR count). The van der Waals surface area contributed by atoms with E-state index in [1.54, 1.807) is 26.4 Å². The monoisotopic (exact) mass is 413 g/mol. The molecule has 6 nitrogen and oxygen atoms in total. The van der Waals surface area contributed by atoms with E-state index in [1.165, 1.54) is 0 Å². The van der Waals surface area contributed by atoms with E-state index in [1.807, 2.05) is 23.1 Å². The zero-order valence-electron chi connectivity index (χ0n) is 16.7. The zero-order valence-corrected chi connectivity index (χ0v) is 16.7. The summed E-state index contributed by atoms with van der Waals surface area (Å²) in [5.74, 6) is 0.325. The van der Waals surface area contributed by atoms with Crippen molar-refractivity contribution in [2.45, 2.75) is 0 Å². The van der Waals surface area contributed by atoms with Crippen LogP contribution in [0, 0.1) is 11.6 Å². The molecule has 0 bridgehead atoms. The maximum absolute atomic E-state index is 13.9. The van der Waals surface area contributed by atoms with E-state index >= 15 is 0 Å². The Kier molecular flexibility index (Phi) is 5.76. The first-order chi connectivity index (χ1) is 14.6. The van der Waals surface area contributed by atoms with Gasteiger partial charge in [-0.05, 0) is 29.8 Å². The van der Waals surface area contributed by atoms with Crippen LogP contribution in [-0.4, -0.2) is 50.5 Å². The summed E-state index contributed by atoms with van der Waals surface area (Å²) >= 11 is 0. The number of benzene rings is 2. The Bertz CT molecular complexity index is 1100. The van der Waals surface area contributed by atoms with Crippen molar-refractivity contribution in [1.82, 2.24) is 9.97 Å². The highest BCUT2D eigenvalue weighted by molar-refractivity contribution is 5.90. The van der Waals surface area contributed by atoms with Gasteiger partial charge in [-0.2, -0.15) is 0 Å². The number of hydrogen-bond acceptors (Lipinski definition) is 6. The molecule has 8 heteroatoms. The number of ether oxygens (including phenoxy) is 3. The number of anilines is 1. The molecule has 0 radical (unpaired) electrons. The minimum Gasteiger partial charge on any atom is -0.493 e. The topological polar surface area (TPSA) is 56.7 Å². The number of hydrogen-bond donors (Lipinski definition) is 0. The molecule has 1 aliphatic rings.